The number of hydrogen-bond acceptors (Lipinski definition) is 4. The topological polar surface area (TPSA) is 81.1 Å². The zero-order valence-corrected chi connectivity index (χ0v) is 13.9. The molecule has 23 heavy (non-hydrogen) atoms. The SMILES string of the molecule is CCn1nc(C)c(C(=O)NS(=O)(=O)Cc2ccc(F)cc2)c1C. The molecule has 1 aromatic carbocycles. The Morgan fingerprint density at radius 1 is 1.26 bits per heavy atom. The Labute approximate surface area is 134 Å². The molecule has 1 amide bonds. The number of halogens is 1. The van der Waals surface area contributed by atoms with Gasteiger partial charge in [0.15, 0.2) is 0 Å². The number of aromatic nitrogens is 2. The summed E-state index contributed by atoms with van der Waals surface area (Å²) in [7, 11) is -3.88. The average molecular weight is 339 g/mol. The largest absolute Gasteiger partial charge is 0.269 e. The fraction of sp³-hybridized carbons (Fsp3) is 0.333. The predicted octanol–water partition coefficient (Wildman–Crippen LogP) is 1.92. The van der Waals surface area contributed by atoms with E-state index in [-0.39, 0.29) is 5.56 Å². The molecule has 0 bridgehead atoms. The van der Waals surface area contributed by atoms with Gasteiger partial charge in [0, 0.05) is 12.2 Å². The lowest BCUT2D eigenvalue weighted by atomic mass is 10.2. The number of carbonyl (C=O) groups is 1. The van der Waals surface area contributed by atoms with E-state index in [1.165, 1.54) is 24.3 Å². The molecule has 2 aromatic rings. The van der Waals surface area contributed by atoms with Crippen molar-refractivity contribution in [3.05, 3.63) is 52.6 Å². The van der Waals surface area contributed by atoms with Gasteiger partial charge in [0.2, 0.25) is 10.0 Å². The first-order valence-electron chi connectivity index (χ1n) is 7.06. The molecule has 124 valence electrons. The zero-order chi connectivity index (χ0) is 17.2. The molecule has 1 aromatic heterocycles. The van der Waals surface area contributed by atoms with Gasteiger partial charge in [-0.25, -0.2) is 17.5 Å². The Kier molecular flexibility index (Phi) is 4.84. The van der Waals surface area contributed by atoms with Crippen molar-refractivity contribution < 1.29 is 17.6 Å². The number of rotatable bonds is 5. The third-order valence-electron chi connectivity index (χ3n) is 3.43. The van der Waals surface area contributed by atoms with Crippen molar-refractivity contribution in [3.63, 3.8) is 0 Å². The minimum atomic E-state index is -3.88. The molecule has 0 fully saturated rings. The van der Waals surface area contributed by atoms with Crippen molar-refractivity contribution in [2.75, 3.05) is 0 Å². The second-order valence-corrected chi connectivity index (χ2v) is 6.90. The maximum Gasteiger partial charge on any atom is 0.268 e. The summed E-state index contributed by atoms with van der Waals surface area (Å²) in [6, 6.07) is 5.08. The number of benzene rings is 1. The second kappa shape index (κ2) is 6.49. The van der Waals surface area contributed by atoms with Crippen LogP contribution in [0.2, 0.25) is 0 Å². The maximum atomic E-state index is 12.8. The summed E-state index contributed by atoms with van der Waals surface area (Å²) in [4.78, 5) is 12.3. The molecule has 0 aliphatic rings. The predicted molar refractivity (Wildman–Crippen MR) is 83.9 cm³/mol. The van der Waals surface area contributed by atoms with Crippen molar-refractivity contribution in [2.24, 2.45) is 0 Å². The van der Waals surface area contributed by atoms with E-state index >= 15 is 0 Å². The van der Waals surface area contributed by atoms with E-state index in [9.17, 15) is 17.6 Å². The van der Waals surface area contributed by atoms with E-state index in [4.69, 9.17) is 0 Å². The summed E-state index contributed by atoms with van der Waals surface area (Å²) in [5, 5.41) is 4.19. The number of sulfonamides is 1. The standard InChI is InChI=1S/C15H18FN3O3S/c1-4-19-11(3)14(10(2)17-19)15(20)18-23(21,22)9-12-5-7-13(16)8-6-12/h5-8H,4,9H2,1-3H3,(H,18,20). The number of amides is 1. The van der Waals surface area contributed by atoms with Crippen LogP contribution >= 0.6 is 0 Å². The van der Waals surface area contributed by atoms with Gasteiger partial charge in [-0.1, -0.05) is 12.1 Å². The van der Waals surface area contributed by atoms with Crippen molar-refractivity contribution >= 4 is 15.9 Å². The van der Waals surface area contributed by atoms with Crippen molar-refractivity contribution in [1.29, 1.82) is 0 Å². The lowest BCUT2D eigenvalue weighted by molar-refractivity contribution is 0.0980. The molecule has 2 rings (SSSR count). The zero-order valence-electron chi connectivity index (χ0n) is 13.1. The number of hydrogen-bond donors (Lipinski definition) is 1. The Bertz CT molecular complexity index is 826. The molecule has 0 atom stereocenters. The molecule has 1 heterocycles. The van der Waals surface area contributed by atoms with Gasteiger partial charge in [0.1, 0.15) is 5.82 Å². The minimum Gasteiger partial charge on any atom is -0.269 e. The molecule has 0 unspecified atom stereocenters. The smallest absolute Gasteiger partial charge is 0.268 e. The first-order chi connectivity index (χ1) is 10.7. The molecule has 1 N–H and O–H groups in total. The minimum absolute atomic E-state index is 0.259. The molecule has 0 aliphatic carbocycles. The van der Waals surface area contributed by atoms with Crippen molar-refractivity contribution in [1.82, 2.24) is 14.5 Å². The van der Waals surface area contributed by atoms with E-state index in [2.05, 4.69) is 5.10 Å². The highest BCUT2D eigenvalue weighted by Crippen LogP contribution is 2.14. The monoisotopic (exact) mass is 339 g/mol. The van der Waals surface area contributed by atoms with Gasteiger partial charge in [-0.05, 0) is 38.5 Å². The highest BCUT2D eigenvalue weighted by molar-refractivity contribution is 7.89. The molecule has 6 nitrogen and oxygen atoms in total. The molecule has 0 radical (unpaired) electrons. The molecular weight excluding hydrogens is 321 g/mol. The van der Waals surface area contributed by atoms with Crippen molar-refractivity contribution in [2.45, 2.75) is 33.1 Å². The first kappa shape index (κ1) is 17.1. The van der Waals surface area contributed by atoms with E-state index in [0.717, 1.165) is 0 Å². The number of nitrogens with zero attached hydrogens (tertiary/aromatic N) is 2. The summed E-state index contributed by atoms with van der Waals surface area (Å²) in [5.41, 5.74) is 1.73. The maximum absolute atomic E-state index is 12.8. The average Bonchev–Trinajstić information content (AvgIpc) is 2.75. The van der Waals surface area contributed by atoms with Gasteiger partial charge in [-0.2, -0.15) is 5.10 Å². The highest BCUT2D eigenvalue weighted by Gasteiger charge is 2.23. The third-order valence-corrected chi connectivity index (χ3v) is 4.64. The fourth-order valence-electron chi connectivity index (χ4n) is 2.36. The quantitative estimate of drug-likeness (QED) is 0.902. The Morgan fingerprint density at radius 3 is 2.39 bits per heavy atom. The van der Waals surface area contributed by atoms with Crippen LogP contribution in [0, 0.1) is 19.7 Å². The summed E-state index contributed by atoms with van der Waals surface area (Å²) in [5.74, 6) is -1.56. The first-order valence-corrected chi connectivity index (χ1v) is 8.72. The number of aryl methyl sites for hydroxylation is 2. The van der Waals surface area contributed by atoms with E-state index < -0.39 is 27.5 Å². The van der Waals surface area contributed by atoms with E-state index in [1.807, 2.05) is 11.6 Å². The Balaban J connectivity index is 2.18. The van der Waals surface area contributed by atoms with Crippen LogP contribution in [0.3, 0.4) is 0 Å². The molecule has 8 heteroatoms. The van der Waals surface area contributed by atoms with Crippen LogP contribution in [-0.4, -0.2) is 24.1 Å². The normalized spacial score (nSPS) is 11.5. The van der Waals surface area contributed by atoms with Crippen LogP contribution < -0.4 is 4.72 Å². The van der Waals surface area contributed by atoms with Gasteiger partial charge in [0.25, 0.3) is 5.91 Å². The summed E-state index contributed by atoms with van der Waals surface area (Å²) >= 11 is 0. The van der Waals surface area contributed by atoms with Gasteiger partial charge < -0.3 is 0 Å². The van der Waals surface area contributed by atoms with Crippen LogP contribution in [0.5, 0.6) is 0 Å². The van der Waals surface area contributed by atoms with Gasteiger partial charge in [-0.3, -0.25) is 9.48 Å². The van der Waals surface area contributed by atoms with Gasteiger partial charge in [0.05, 0.1) is 17.0 Å². The van der Waals surface area contributed by atoms with Crippen LogP contribution in [0.1, 0.15) is 34.2 Å². The summed E-state index contributed by atoms with van der Waals surface area (Å²) < 4.78 is 40.8. The van der Waals surface area contributed by atoms with Crippen LogP contribution in [-0.2, 0) is 22.3 Å². The van der Waals surface area contributed by atoms with Crippen LogP contribution in [0.25, 0.3) is 0 Å². The molecular formula is C15H18FN3O3S. The molecule has 0 aliphatic heterocycles. The molecule has 0 saturated carbocycles. The summed E-state index contributed by atoms with van der Waals surface area (Å²) in [6.45, 7) is 5.83. The highest BCUT2D eigenvalue weighted by atomic mass is 32.2. The van der Waals surface area contributed by atoms with Gasteiger partial charge >= 0.3 is 0 Å². The van der Waals surface area contributed by atoms with Crippen LogP contribution in [0.15, 0.2) is 24.3 Å². The number of carbonyl (C=O) groups excluding carboxylic acids is 1. The molecule has 0 spiro atoms. The lowest BCUT2D eigenvalue weighted by Crippen LogP contribution is -2.32. The number of nitrogens with one attached hydrogen (secondary N) is 1. The van der Waals surface area contributed by atoms with E-state index in [1.54, 1.807) is 18.5 Å². The van der Waals surface area contributed by atoms with Gasteiger partial charge in [-0.15, -0.1) is 0 Å². The Morgan fingerprint density at radius 2 is 1.87 bits per heavy atom. The summed E-state index contributed by atoms with van der Waals surface area (Å²) in [6.07, 6.45) is 0. The fourth-order valence-corrected chi connectivity index (χ4v) is 3.45. The lowest BCUT2D eigenvalue weighted by Gasteiger charge is -2.07. The Hall–Kier alpha value is -2.22. The van der Waals surface area contributed by atoms with Crippen molar-refractivity contribution in [3.8, 4) is 0 Å². The third kappa shape index (κ3) is 3.95. The van der Waals surface area contributed by atoms with Crippen LogP contribution in [0.4, 0.5) is 4.39 Å². The molecule has 0 saturated heterocycles. The van der Waals surface area contributed by atoms with E-state index in [0.29, 0.717) is 23.5 Å². The second-order valence-electron chi connectivity index (χ2n) is 5.18.